The molecule has 0 spiro atoms. The highest BCUT2D eigenvalue weighted by Gasteiger charge is 2.19. The molecule has 0 saturated carbocycles. The van der Waals surface area contributed by atoms with Crippen LogP contribution < -0.4 is 0 Å². The lowest BCUT2D eigenvalue weighted by Gasteiger charge is -2.14. The first-order chi connectivity index (χ1) is 10.4. The van der Waals surface area contributed by atoms with Crippen LogP contribution in [-0.2, 0) is 22.4 Å². The Bertz CT molecular complexity index is 718. The van der Waals surface area contributed by atoms with Crippen molar-refractivity contribution < 1.29 is 30.0 Å². The first-order valence-electron chi connectivity index (χ1n) is 6.45. The Balaban J connectivity index is 2.64. The van der Waals surface area contributed by atoms with Crippen molar-refractivity contribution in [1.82, 2.24) is 0 Å². The zero-order chi connectivity index (χ0) is 16.3. The summed E-state index contributed by atoms with van der Waals surface area (Å²) >= 11 is 0. The first kappa shape index (κ1) is 15.4. The maximum atomic E-state index is 11.1. The number of aromatic hydroxyl groups is 2. The molecular weight excluding hydrogens is 288 g/mol. The Labute approximate surface area is 125 Å². The highest BCUT2D eigenvalue weighted by molar-refractivity contribution is 5.81. The average Bonchev–Trinajstić information content (AvgIpc) is 2.43. The third-order valence-corrected chi connectivity index (χ3v) is 3.24. The van der Waals surface area contributed by atoms with Crippen LogP contribution in [0.2, 0.25) is 0 Å². The van der Waals surface area contributed by atoms with Crippen molar-refractivity contribution in [3.63, 3.8) is 0 Å². The zero-order valence-electron chi connectivity index (χ0n) is 11.5. The van der Waals surface area contributed by atoms with Crippen LogP contribution in [0.25, 0.3) is 11.1 Å². The van der Waals surface area contributed by atoms with E-state index < -0.39 is 24.8 Å². The summed E-state index contributed by atoms with van der Waals surface area (Å²) in [5.41, 5.74) is 1.47. The Morgan fingerprint density at radius 2 is 1.32 bits per heavy atom. The number of aliphatic carboxylic acids is 2. The van der Waals surface area contributed by atoms with Gasteiger partial charge in [0.1, 0.15) is 11.5 Å². The van der Waals surface area contributed by atoms with Crippen LogP contribution in [0.4, 0.5) is 0 Å². The third-order valence-electron chi connectivity index (χ3n) is 3.24. The molecule has 0 aliphatic carbocycles. The minimum absolute atomic E-state index is 0.0630. The summed E-state index contributed by atoms with van der Waals surface area (Å²) in [7, 11) is 0. The van der Waals surface area contributed by atoms with Gasteiger partial charge in [-0.1, -0.05) is 18.2 Å². The summed E-state index contributed by atoms with van der Waals surface area (Å²) in [6, 6.07) is 8.96. The van der Waals surface area contributed by atoms with E-state index in [-0.39, 0.29) is 22.6 Å². The van der Waals surface area contributed by atoms with Gasteiger partial charge in [-0.25, -0.2) is 0 Å². The first-order valence-corrected chi connectivity index (χ1v) is 6.45. The number of carbonyl (C=O) groups is 2. The maximum Gasteiger partial charge on any atom is 0.307 e. The standard InChI is InChI=1S/C16H14O6/c17-10-3-1-9(2-4-10)11-5-6-14(18)13(8-16(21)22)12(11)7-15(19)20/h1-6,17-18H,7-8H2,(H,19,20)(H,21,22). The Kier molecular flexibility index (Phi) is 4.31. The predicted molar refractivity (Wildman–Crippen MR) is 77.9 cm³/mol. The molecule has 0 fully saturated rings. The molecule has 0 saturated heterocycles. The molecule has 0 atom stereocenters. The molecule has 4 N–H and O–H groups in total. The fraction of sp³-hybridized carbons (Fsp3) is 0.125. The molecule has 114 valence electrons. The zero-order valence-corrected chi connectivity index (χ0v) is 11.5. The van der Waals surface area contributed by atoms with Gasteiger partial charge in [-0.15, -0.1) is 0 Å². The molecule has 0 amide bonds. The number of hydrogen-bond donors (Lipinski definition) is 4. The second-order valence-electron chi connectivity index (χ2n) is 4.78. The second-order valence-corrected chi connectivity index (χ2v) is 4.78. The summed E-state index contributed by atoms with van der Waals surface area (Å²) in [4.78, 5) is 22.0. The largest absolute Gasteiger partial charge is 0.508 e. The predicted octanol–water partition coefficient (Wildman–Crippen LogP) is 2.02. The van der Waals surface area contributed by atoms with E-state index in [1.165, 1.54) is 24.3 Å². The lowest BCUT2D eigenvalue weighted by Crippen LogP contribution is -2.09. The lowest BCUT2D eigenvalue weighted by atomic mass is 9.91. The van der Waals surface area contributed by atoms with E-state index in [0.717, 1.165) is 0 Å². The fourth-order valence-corrected chi connectivity index (χ4v) is 2.29. The van der Waals surface area contributed by atoms with E-state index in [1.807, 2.05) is 0 Å². The maximum absolute atomic E-state index is 11.1. The van der Waals surface area contributed by atoms with Gasteiger partial charge in [0.05, 0.1) is 12.8 Å². The van der Waals surface area contributed by atoms with Crippen LogP contribution in [0.1, 0.15) is 11.1 Å². The molecule has 2 aromatic carbocycles. The topological polar surface area (TPSA) is 115 Å². The molecule has 0 radical (unpaired) electrons. The Hall–Kier alpha value is -3.02. The number of rotatable bonds is 5. The van der Waals surface area contributed by atoms with Crippen molar-refractivity contribution in [2.45, 2.75) is 12.8 Å². The highest BCUT2D eigenvalue weighted by Crippen LogP contribution is 2.33. The number of hydrogen-bond acceptors (Lipinski definition) is 4. The molecule has 0 aliphatic heterocycles. The van der Waals surface area contributed by atoms with Gasteiger partial charge in [0.25, 0.3) is 0 Å². The average molecular weight is 302 g/mol. The quantitative estimate of drug-likeness (QED) is 0.671. The van der Waals surface area contributed by atoms with Crippen molar-refractivity contribution in [3.8, 4) is 22.6 Å². The Morgan fingerprint density at radius 1 is 0.773 bits per heavy atom. The van der Waals surface area contributed by atoms with E-state index >= 15 is 0 Å². The van der Waals surface area contributed by atoms with Gasteiger partial charge in [0.15, 0.2) is 0 Å². The van der Waals surface area contributed by atoms with Crippen molar-refractivity contribution in [2.24, 2.45) is 0 Å². The second kappa shape index (κ2) is 6.17. The number of carboxylic acids is 2. The van der Waals surface area contributed by atoms with Crippen molar-refractivity contribution in [1.29, 1.82) is 0 Å². The van der Waals surface area contributed by atoms with Crippen LogP contribution in [0.15, 0.2) is 36.4 Å². The SMILES string of the molecule is O=C(O)Cc1c(O)ccc(-c2ccc(O)cc2)c1CC(=O)O. The number of benzene rings is 2. The third kappa shape index (κ3) is 3.35. The van der Waals surface area contributed by atoms with Crippen LogP contribution >= 0.6 is 0 Å². The van der Waals surface area contributed by atoms with Crippen molar-refractivity contribution in [3.05, 3.63) is 47.5 Å². The fourth-order valence-electron chi connectivity index (χ4n) is 2.29. The lowest BCUT2D eigenvalue weighted by molar-refractivity contribution is -0.137. The van der Waals surface area contributed by atoms with E-state index in [9.17, 15) is 19.8 Å². The van der Waals surface area contributed by atoms with Gasteiger partial charge >= 0.3 is 11.9 Å². The van der Waals surface area contributed by atoms with Gasteiger partial charge in [-0.05, 0) is 34.9 Å². The molecular formula is C16H14O6. The molecule has 0 heterocycles. The minimum atomic E-state index is -1.16. The summed E-state index contributed by atoms with van der Waals surface area (Å²) in [6.45, 7) is 0. The van der Waals surface area contributed by atoms with Crippen LogP contribution in [0.5, 0.6) is 11.5 Å². The smallest absolute Gasteiger partial charge is 0.307 e. The molecule has 0 bridgehead atoms. The van der Waals surface area contributed by atoms with Gasteiger partial charge in [-0.3, -0.25) is 9.59 Å². The number of phenols is 2. The molecule has 0 unspecified atom stereocenters. The van der Waals surface area contributed by atoms with Crippen LogP contribution in [-0.4, -0.2) is 32.4 Å². The molecule has 0 aromatic heterocycles. The van der Waals surface area contributed by atoms with Gasteiger partial charge in [0.2, 0.25) is 0 Å². The van der Waals surface area contributed by atoms with Crippen LogP contribution in [0.3, 0.4) is 0 Å². The number of carboxylic acid groups (broad SMARTS) is 2. The molecule has 6 nitrogen and oxygen atoms in total. The van der Waals surface area contributed by atoms with Gasteiger partial charge < -0.3 is 20.4 Å². The van der Waals surface area contributed by atoms with Gasteiger partial charge in [-0.2, -0.15) is 0 Å². The van der Waals surface area contributed by atoms with Crippen molar-refractivity contribution in [2.75, 3.05) is 0 Å². The van der Waals surface area contributed by atoms with Crippen LogP contribution in [0, 0.1) is 0 Å². The monoisotopic (exact) mass is 302 g/mol. The van der Waals surface area contributed by atoms with E-state index in [0.29, 0.717) is 11.1 Å². The molecule has 2 rings (SSSR count). The summed E-state index contributed by atoms with van der Waals surface area (Å²) in [6.07, 6.45) is -0.881. The summed E-state index contributed by atoms with van der Waals surface area (Å²) in [5.74, 6) is -2.48. The van der Waals surface area contributed by atoms with E-state index in [4.69, 9.17) is 10.2 Å². The summed E-state index contributed by atoms with van der Waals surface area (Å²) < 4.78 is 0. The molecule has 6 heteroatoms. The number of phenolic OH excluding ortho intramolecular Hbond substituents is 2. The van der Waals surface area contributed by atoms with E-state index in [1.54, 1.807) is 12.1 Å². The highest BCUT2D eigenvalue weighted by atomic mass is 16.4. The van der Waals surface area contributed by atoms with E-state index in [2.05, 4.69) is 0 Å². The van der Waals surface area contributed by atoms with Gasteiger partial charge in [0, 0.05) is 5.56 Å². The molecule has 2 aromatic rings. The molecule has 22 heavy (non-hydrogen) atoms. The summed E-state index contributed by atoms with van der Waals surface area (Å²) in [5, 5.41) is 37.2. The minimum Gasteiger partial charge on any atom is -0.508 e. The molecule has 0 aliphatic rings. The van der Waals surface area contributed by atoms with Crippen molar-refractivity contribution >= 4 is 11.9 Å². The Morgan fingerprint density at radius 3 is 1.86 bits per heavy atom. The normalized spacial score (nSPS) is 10.4.